The first-order valence-electron chi connectivity index (χ1n) is 5.70. The minimum atomic E-state index is -1.44. The van der Waals surface area contributed by atoms with Crippen molar-refractivity contribution in [2.24, 2.45) is 0 Å². The zero-order valence-corrected chi connectivity index (χ0v) is 14.9. The lowest BCUT2D eigenvalue weighted by molar-refractivity contribution is 1.14. The molecule has 0 bridgehead atoms. The lowest BCUT2D eigenvalue weighted by Gasteiger charge is -2.48. The van der Waals surface area contributed by atoms with Gasteiger partial charge < -0.3 is 4.85 Å². The molecule has 1 nitrogen and oxygen atoms in total. The van der Waals surface area contributed by atoms with Gasteiger partial charge in [0.15, 0.2) is 4.41 Å². The second-order valence-corrected chi connectivity index (χ2v) is 24.7. The topological polar surface area (TPSA) is 4.36 Å². The molecule has 0 saturated carbocycles. The Morgan fingerprint density at radius 2 is 0.867 bits per heavy atom. The molecule has 0 aliphatic carbocycles. The fourth-order valence-corrected chi connectivity index (χ4v) is 31.9. The summed E-state index contributed by atoms with van der Waals surface area (Å²) < 4.78 is 0.0625. The zero-order chi connectivity index (χ0) is 12.7. The van der Waals surface area contributed by atoms with Gasteiger partial charge in [0.25, 0.3) is 0 Å². The van der Waals surface area contributed by atoms with E-state index in [4.69, 9.17) is 6.57 Å². The van der Waals surface area contributed by atoms with Crippen LogP contribution >= 0.6 is 0 Å². The van der Waals surface area contributed by atoms with Crippen molar-refractivity contribution in [2.75, 3.05) is 0 Å². The number of hydrogen-bond donors (Lipinski definition) is 0. The summed E-state index contributed by atoms with van der Waals surface area (Å²) in [7, 11) is -4.32. The molecule has 0 fully saturated rings. The van der Waals surface area contributed by atoms with Gasteiger partial charge in [0.1, 0.15) is 24.2 Å². The van der Waals surface area contributed by atoms with Gasteiger partial charge in [-0.2, -0.15) is 0 Å². The first-order valence-corrected chi connectivity index (χ1v) is 16.2. The second kappa shape index (κ2) is 3.86. The molecule has 0 aromatic heterocycles. The fraction of sp³-hybridized carbons (Fsp3) is 0.909. The van der Waals surface area contributed by atoms with Crippen molar-refractivity contribution < 1.29 is 0 Å². The van der Waals surface area contributed by atoms with E-state index in [0.717, 1.165) is 0 Å². The highest BCUT2D eigenvalue weighted by Gasteiger charge is 2.66. The first-order chi connectivity index (χ1) is 6.31. The van der Waals surface area contributed by atoms with Crippen molar-refractivity contribution in [1.82, 2.24) is 0 Å². The van der Waals surface area contributed by atoms with Gasteiger partial charge in [-0.15, -0.1) is 0 Å². The third-order valence-electron chi connectivity index (χ3n) is 3.42. The first kappa shape index (κ1) is 15.1. The van der Waals surface area contributed by atoms with E-state index < -0.39 is 24.2 Å². The van der Waals surface area contributed by atoms with Crippen LogP contribution in [0.25, 0.3) is 4.85 Å². The normalized spacial score (nSPS) is 14.9. The van der Waals surface area contributed by atoms with E-state index in [1.54, 1.807) is 0 Å². The Labute approximate surface area is 99.1 Å². The van der Waals surface area contributed by atoms with Crippen LogP contribution in [0.15, 0.2) is 0 Å². The van der Waals surface area contributed by atoms with Gasteiger partial charge in [-0.3, -0.25) is 0 Å². The molecule has 0 atom stereocenters. The van der Waals surface area contributed by atoms with Gasteiger partial charge >= 0.3 is 0 Å². The Bertz CT molecular complexity index is 234. The molecule has 88 valence electrons. The van der Waals surface area contributed by atoms with Crippen molar-refractivity contribution >= 4 is 24.2 Å². The van der Waals surface area contributed by atoms with E-state index in [1.807, 2.05) is 0 Å². The minimum Gasteiger partial charge on any atom is -0.326 e. The molecule has 0 spiro atoms. The van der Waals surface area contributed by atoms with Crippen molar-refractivity contribution in [3.05, 3.63) is 11.4 Å². The molecule has 0 aromatic carbocycles. The Hall–Kier alpha value is 0.141. The smallest absolute Gasteiger partial charge is 0.174 e. The van der Waals surface area contributed by atoms with Crippen LogP contribution < -0.4 is 0 Å². The zero-order valence-electron chi connectivity index (χ0n) is 11.9. The number of rotatable bonds is 3. The van der Waals surface area contributed by atoms with Crippen LogP contribution in [-0.2, 0) is 0 Å². The highest BCUT2D eigenvalue weighted by Crippen LogP contribution is 2.42. The van der Waals surface area contributed by atoms with E-state index in [0.29, 0.717) is 0 Å². The Kier molecular flexibility index (Phi) is 3.90. The molecule has 0 N–H and O–H groups in total. The molecule has 0 amide bonds. The van der Waals surface area contributed by atoms with Gasteiger partial charge in [-0.25, -0.2) is 6.57 Å². The van der Waals surface area contributed by atoms with Crippen molar-refractivity contribution in [2.45, 2.75) is 63.3 Å². The van der Waals surface area contributed by atoms with Crippen molar-refractivity contribution in [3.8, 4) is 0 Å². The average molecular weight is 258 g/mol. The molecule has 0 aliphatic heterocycles. The molecule has 0 radical (unpaired) electrons. The summed E-state index contributed by atoms with van der Waals surface area (Å²) in [5, 5.41) is 0. The van der Waals surface area contributed by atoms with E-state index in [-0.39, 0.29) is 4.41 Å². The maximum atomic E-state index is 7.80. The van der Waals surface area contributed by atoms with Crippen LogP contribution in [0.4, 0.5) is 0 Å². The number of hydrogen-bond acceptors (Lipinski definition) is 0. The fourth-order valence-electron chi connectivity index (χ4n) is 3.88. The molecule has 4 heteroatoms. The van der Waals surface area contributed by atoms with Gasteiger partial charge in [-0.05, 0) is 0 Å². The Morgan fingerprint density at radius 1 is 0.667 bits per heavy atom. The summed E-state index contributed by atoms with van der Waals surface area (Å²) in [6, 6.07) is 0. The predicted octanol–water partition coefficient (Wildman–Crippen LogP) is 4.28. The van der Waals surface area contributed by atoms with E-state index >= 15 is 0 Å². The second-order valence-electron chi connectivity index (χ2n) is 7.57. The quantitative estimate of drug-likeness (QED) is 0.525. The van der Waals surface area contributed by atoms with Crippen LogP contribution in [0, 0.1) is 6.57 Å². The number of nitrogens with zero attached hydrogens (tertiary/aromatic N) is 1. The van der Waals surface area contributed by atoms with E-state index in [1.165, 1.54) is 0 Å². The summed E-state index contributed by atoms with van der Waals surface area (Å²) in [6.07, 6.45) is 0. The van der Waals surface area contributed by atoms with Crippen molar-refractivity contribution in [3.63, 3.8) is 0 Å². The van der Waals surface area contributed by atoms with Crippen LogP contribution in [0.2, 0.25) is 58.9 Å². The highest BCUT2D eigenvalue weighted by atomic mass is 28.5. The minimum absolute atomic E-state index is 0.0625. The summed E-state index contributed by atoms with van der Waals surface area (Å²) in [6.45, 7) is 29.3. The third-order valence-corrected chi connectivity index (χ3v) is 23.8. The van der Waals surface area contributed by atoms with Crippen LogP contribution in [0.5, 0.6) is 0 Å². The summed E-state index contributed by atoms with van der Waals surface area (Å²) in [5.41, 5.74) is 0. The molecule has 0 rings (SSSR count). The Balaban J connectivity index is 5.93. The highest BCUT2D eigenvalue weighted by molar-refractivity contribution is 7.16. The standard InChI is InChI=1S/C11H27NSi3/c1-12-11(13(2,3)4,14(5,6)7)15(8,9)10/h2-10H3. The largest absolute Gasteiger partial charge is 0.326 e. The molecular weight excluding hydrogens is 230 g/mol. The van der Waals surface area contributed by atoms with E-state index in [2.05, 4.69) is 63.8 Å². The van der Waals surface area contributed by atoms with Crippen LogP contribution in [0.1, 0.15) is 0 Å². The summed E-state index contributed by atoms with van der Waals surface area (Å²) >= 11 is 0. The summed E-state index contributed by atoms with van der Waals surface area (Å²) in [4.78, 5) is 4.27. The molecule has 0 aliphatic rings. The molecular formula is C11H27NSi3. The van der Waals surface area contributed by atoms with Gasteiger partial charge in [0.2, 0.25) is 0 Å². The van der Waals surface area contributed by atoms with E-state index in [9.17, 15) is 0 Å². The summed E-state index contributed by atoms with van der Waals surface area (Å²) in [5.74, 6) is 0. The van der Waals surface area contributed by atoms with Crippen molar-refractivity contribution in [1.29, 1.82) is 0 Å². The molecule has 15 heavy (non-hydrogen) atoms. The molecule has 0 aromatic rings. The van der Waals surface area contributed by atoms with Gasteiger partial charge in [0, 0.05) is 0 Å². The maximum absolute atomic E-state index is 7.80. The molecule has 0 saturated heterocycles. The maximum Gasteiger partial charge on any atom is 0.174 e. The monoisotopic (exact) mass is 257 g/mol. The SMILES string of the molecule is [C-]#[N+]C([Si](C)(C)C)([Si](C)(C)C)[Si](C)(C)C. The predicted molar refractivity (Wildman–Crippen MR) is 79.4 cm³/mol. The average Bonchev–Trinajstić information content (AvgIpc) is 1.76. The van der Waals surface area contributed by atoms with Gasteiger partial charge in [0.05, 0.1) is 0 Å². The Morgan fingerprint density at radius 3 is 0.867 bits per heavy atom. The molecule has 0 heterocycles. The molecule has 0 unspecified atom stereocenters. The lowest BCUT2D eigenvalue weighted by Crippen LogP contribution is -2.75. The van der Waals surface area contributed by atoms with Crippen LogP contribution in [-0.4, -0.2) is 28.6 Å². The third kappa shape index (κ3) is 2.29. The lowest BCUT2D eigenvalue weighted by atomic mass is 11.3. The van der Waals surface area contributed by atoms with Crippen LogP contribution in [0.3, 0.4) is 0 Å². The van der Waals surface area contributed by atoms with Gasteiger partial charge in [-0.1, -0.05) is 58.9 Å².